The third-order valence-electron chi connectivity index (χ3n) is 8.03. The van der Waals surface area contributed by atoms with E-state index in [0.717, 1.165) is 50.6 Å². The molecule has 1 aliphatic heterocycles. The maximum absolute atomic E-state index is 13.4. The van der Waals surface area contributed by atoms with Crippen molar-refractivity contribution in [1.29, 1.82) is 0 Å². The van der Waals surface area contributed by atoms with Crippen LogP contribution in [-0.2, 0) is 16.6 Å². The molecule has 2 bridgehead atoms. The van der Waals surface area contributed by atoms with Crippen molar-refractivity contribution < 1.29 is 9.90 Å². The van der Waals surface area contributed by atoms with Gasteiger partial charge in [-0.05, 0) is 61.1 Å². The van der Waals surface area contributed by atoms with Crippen LogP contribution >= 0.6 is 0 Å². The van der Waals surface area contributed by atoms with Crippen molar-refractivity contribution in [2.24, 2.45) is 17.1 Å². The van der Waals surface area contributed by atoms with Crippen LogP contribution < -0.4 is 5.73 Å². The highest BCUT2D eigenvalue weighted by molar-refractivity contribution is 5.80. The van der Waals surface area contributed by atoms with Gasteiger partial charge >= 0.3 is 0 Å². The van der Waals surface area contributed by atoms with Crippen LogP contribution in [0.5, 0.6) is 5.75 Å². The summed E-state index contributed by atoms with van der Waals surface area (Å²) in [6.45, 7) is 7.75. The van der Waals surface area contributed by atoms with Crippen LogP contribution in [0.15, 0.2) is 18.2 Å². The van der Waals surface area contributed by atoms with Crippen LogP contribution in [0.1, 0.15) is 64.0 Å². The van der Waals surface area contributed by atoms with Crippen LogP contribution in [0.2, 0.25) is 0 Å². The second-order valence-corrected chi connectivity index (χ2v) is 9.47. The number of hydrogen-bond acceptors (Lipinski definition) is 3. The Kier molecular flexibility index (Phi) is 4.11. The molecular formula is C22H32N2O2. The summed E-state index contributed by atoms with van der Waals surface area (Å²) in [5, 5.41) is 10.5. The molecule has 0 radical (unpaired) electrons. The molecule has 142 valence electrons. The molecular weight excluding hydrogens is 324 g/mol. The minimum absolute atomic E-state index is 0.0182. The first kappa shape index (κ1) is 17.8. The highest BCUT2D eigenvalue weighted by atomic mass is 16.3. The third-order valence-corrected chi connectivity index (χ3v) is 8.03. The number of carbonyl (C=O) groups is 1. The van der Waals surface area contributed by atoms with Crippen molar-refractivity contribution >= 4 is 5.91 Å². The summed E-state index contributed by atoms with van der Waals surface area (Å²) >= 11 is 0. The largest absolute Gasteiger partial charge is 0.508 e. The molecule has 3 N–H and O–H groups in total. The maximum Gasteiger partial charge on any atom is 0.225 e. The molecule has 2 aliphatic carbocycles. The summed E-state index contributed by atoms with van der Waals surface area (Å²) in [6.07, 6.45) is 5.46. The normalized spacial score (nSPS) is 35.7. The molecule has 4 nitrogen and oxygen atoms in total. The van der Waals surface area contributed by atoms with Crippen LogP contribution in [0.3, 0.4) is 0 Å². The number of fused-ring (bicyclic) bond motifs is 4. The number of piperidine rings is 1. The number of aromatic hydroxyl groups is 1. The van der Waals surface area contributed by atoms with Gasteiger partial charge in [-0.15, -0.1) is 0 Å². The van der Waals surface area contributed by atoms with Crippen molar-refractivity contribution in [1.82, 2.24) is 4.90 Å². The molecule has 4 rings (SSSR count). The number of likely N-dealkylation sites (tertiary alicyclic amines) is 1. The number of benzene rings is 1. The van der Waals surface area contributed by atoms with E-state index in [1.165, 1.54) is 5.56 Å². The Labute approximate surface area is 156 Å². The lowest BCUT2D eigenvalue weighted by Gasteiger charge is -2.61. The number of phenols is 1. The average molecular weight is 357 g/mol. The van der Waals surface area contributed by atoms with E-state index in [4.69, 9.17) is 5.73 Å². The molecule has 1 amide bonds. The van der Waals surface area contributed by atoms with Gasteiger partial charge < -0.3 is 15.7 Å². The molecule has 1 unspecified atom stereocenters. The number of carbonyl (C=O) groups excluding carboxylic acids is 1. The van der Waals surface area contributed by atoms with Gasteiger partial charge in [-0.1, -0.05) is 32.9 Å². The monoisotopic (exact) mass is 356 g/mol. The summed E-state index contributed by atoms with van der Waals surface area (Å²) in [5.41, 5.74) is 8.31. The van der Waals surface area contributed by atoms with Gasteiger partial charge in [0.2, 0.25) is 5.91 Å². The van der Waals surface area contributed by atoms with Gasteiger partial charge in [-0.25, -0.2) is 0 Å². The second-order valence-electron chi connectivity index (χ2n) is 9.47. The fraction of sp³-hybridized carbons (Fsp3) is 0.682. The Balaban J connectivity index is 1.68. The Bertz CT molecular complexity index is 721. The summed E-state index contributed by atoms with van der Waals surface area (Å²) in [7, 11) is 0. The van der Waals surface area contributed by atoms with Gasteiger partial charge in [-0.2, -0.15) is 0 Å². The van der Waals surface area contributed by atoms with Crippen LogP contribution in [0.4, 0.5) is 0 Å². The molecule has 0 spiro atoms. The van der Waals surface area contributed by atoms with Gasteiger partial charge in [0.25, 0.3) is 0 Å². The van der Waals surface area contributed by atoms with E-state index in [0.29, 0.717) is 11.7 Å². The van der Waals surface area contributed by atoms with Crippen LogP contribution in [-0.4, -0.2) is 34.5 Å². The molecule has 1 saturated heterocycles. The van der Waals surface area contributed by atoms with E-state index in [2.05, 4.69) is 31.7 Å². The summed E-state index contributed by atoms with van der Waals surface area (Å²) in [6, 6.07) is 6.32. The van der Waals surface area contributed by atoms with E-state index in [1.807, 2.05) is 6.07 Å². The smallest absolute Gasteiger partial charge is 0.225 e. The molecule has 1 saturated carbocycles. The van der Waals surface area contributed by atoms with Crippen molar-refractivity contribution in [3.05, 3.63) is 29.3 Å². The molecule has 3 aliphatic rings. The zero-order valence-electron chi connectivity index (χ0n) is 16.3. The highest BCUT2D eigenvalue weighted by Gasteiger charge is 2.57. The van der Waals surface area contributed by atoms with Gasteiger partial charge in [0.05, 0.1) is 0 Å². The molecule has 1 heterocycles. The molecule has 26 heavy (non-hydrogen) atoms. The molecule has 2 atom stereocenters. The van der Waals surface area contributed by atoms with E-state index in [-0.39, 0.29) is 28.8 Å². The number of rotatable bonds is 1. The Morgan fingerprint density at radius 1 is 1.19 bits per heavy atom. The second kappa shape index (κ2) is 5.98. The van der Waals surface area contributed by atoms with Gasteiger partial charge in [0.1, 0.15) is 5.75 Å². The summed E-state index contributed by atoms with van der Waals surface area (Å²) in [5.74, 6) is 0.823. The molecule has 1 aromatic rings. The zero-order chi connectivity index (χ0) is 18.7. The summed E-state index contributed by atoms with van der Waals surface area (Å²) in [4.78, 5) is 15.5. The third kappa shape index (κ3) is 2.41. The SMILES string of the molecule is CC1(C)C2Cc3c(O)cccc3[C@]1(C)CCN2C(=O)C1CCC(N)CC1. The Hall–Kier alpha value is -1.55. The molecule has 0 aromatic heterocycles. The topological polar surface area (TPSA) is 66.6 Å². The van der Waals surface area contributed by atoms with Gasteiger partial charge in [-0.3, -0.25) is 4.79 Å². The first-order valence-corrected chi connectivity index (χ1v) is 10.1. The predicted molar refractivity (Wildman–Crippen MR) is 103 cm³/mol. The lowest BCUT2D eigenvalue weighted by Crippen LogP contribution is -2.65. The van der Waals surface area contributed by atoms with Crippen LogP contribution in [0, 0.1) is 11.3 Å². The lowest BCUT2D eigenvalue weighted by atomic mass is 9.51. The molecule has 4 heteroatoms. The van der Waals surface area contributed by atoms with E-state index < -0.39 is 0 Å². The van der Waals surface area contributed by atoms with E-state index >= 15 is 0 Å². The van der Waals surface area contributed by atoms with Crippen molar-refractivity contribution in [2.75, 3.05) is 6.54 Å². The van der Waals surface area contributed by atoms with Gasteiger partial charge in [0, 0.05) is 30.0 Å². The lowest BCUT2D eigenvalue weighted by molar-refractivity contribution is -0.149. The minimum Gasteiger partial charge on any atom is -0.508 e. The average Bonchev–Trinajstić information content (AvgIpc) is 2.59. The summed E-state index contributed by atoms with van der Waals surface area (Å²) < 4.78 is 0. The standard InChI is InChI=1S/C22H32N2O2/c1-21(2)19-13-16-17(5-4-6-18(16)25)22(21,3)11-12-24(19)20(26)14-7-9-15(23)10-8-14/h4-6,14-15,19,25H,7-13,23H2,1-3H3/t14?,15?,19?,22-/m0/s1. The molecule has 2 fully saturated rings. The van der Waals surface area contributed by atoms with Crippen LogP contribution in [0.25, 0.3) is 0 Å². The zero-order valence-corrected chi connectivity index (χ0v) is 16.3. The number of hydrogen-bond donors (Lipinski definition) is 2. The number of phenolic OH excluding ortho intramolecular Hbond substituents is 1. The first-order valence-electron chi connectivity index (χ1n) is 10.1. The number of nitrogens with zero attached hydrogens (tertiary/aromatic N) is 1. The fourth-order valence-corrected chi connectivity index (χ4v) is 5.79. The van der Waals surface area contributed by atoms with Crippen molar-refractivity contribution in [2.45, 2.75) is 76.8 Å². The minimum atomic E-state index is -0.0211. The van der Waals surface area contributed by atoms with Crippen molar-refractivity contribution in [3.63, 3.8) is 0 Å². The maximum atomic E-state index is 13.4. The van der Waals surface area contributed by atoms with E-state index in [1.54, 1.807) is 6.07 Å². The fourth-order valence-electron chi connectivity index (χ4n) is 5.79. The molecule has 1 aromatic carbocycles. The number of amides is 1. The van der Waals surface area contributed by atoms with E-state index in [9.17, 15) is 9.90 Å². The highest BCUT2D eigenvalue weighted by Crippen LogP contribution is 2.57. The quantitative estimate of drug-likeness (QED) is 0.811. The Morgan fingerprint density at radius 3 is 2.58 bits per heavy atom. The predicted octanol–water partition coefficient (Wildman–Crippen LogP) is 3.35. The van der Waals surface area contributed by atoms with Crippen molar-refractivity contribution in [3.8, 4) is 5.75 Å². The number of nitrogens with two attached hydrogens (primary N) is 1. The first-order chi connectivity index (χ1) is 12.3. The van der Waals surface area contributed by atoms with Gasteiger partial charge in [0.15, 0.2) is 0 Å². The Morgan fingerprint density at radius 2 is 1.88 bits per heavy atom.